The monoisotopic (exact) mass is 263 g/mol. The van der Waals surface area contributed by atoms with Crippen LogP contribution in [0.3, 0.4) is 0 Å². The van der Waals surface area contributed by atoms with Gasteiger partial charge in [-0.15, -0.1) is 0 Å². The van der Waals surface area contributed by atoms with E-state index < -0.39 is 10.0 Å². The molecular weight excluding hydrogens is 238 g/mol. The molecule has 0 aromatic heterocycles. The summed E-state index contributed by atoms with van der Waals surface area (Å²) in [5.74, 6) is 0. The fourth-order valence-electron chi connectivity index (χ4n) is 1.41. The molecule has 1 rings (SSSR count). The van der Waals surface area contributed by atoms with Gasteiger partial charge in [0.25, 0.3) is 0 Å². The summed E-state index contributed by atoms with van der Waals surface area (Å²) in [5, 5.41) is 2.88. The van der Waals surface area contributed by atoms with Gasteiger partial charge >= 0.3 is 0 Å². The summed E-state index contributed by atoms with van der Waals surface area (Å²) >= 11 is 0. The van der Waals surface area contributed by atoms with Gasteiger partial charge in [0, 0.05) is 25.7 Å². The third kappa shape index (κ3) is 5.81. The maximum Gasteiger partial charge on any atom is 0.215 e. The van der Waals surface area contributed by atoms with Crippen LogP contribution < -0.4 is 10.0 Å². The molecule has 0 heterocycles. The molecular formula is C11H25N3O2S. The summed E-state index contributed by atoms with van der Waals surface area (Å²) in [6.45, 7) is 6.51. The van der Waals surface area contributed by atoms with E-state index in [2.05, 4.69) is 21.9 Å². The van der Waals surface area contributed by atoms with Crippen LogP contribution in [-0.4, -0.2) is 57.8 Å². The molecule has 0 aliphatic heterocycles. The van der Waals surface area contributed by atoms with Crippen LogP contribution in [-0.2, 0) is 10.0 Å². The molecule has 6 heteroatoms. The summed E-state index contributed by atoms with van der Waals surface area (Å²) in [6, 6.07) is 0.555. The van der Waals surface area contributed by atoms with Crippen LogP contribution in [0.15, 0.2) is 0 Å². The maximum absolute atomic E-state index is 11.9. The number of hydrogen-bond acceptors (Lipinski definition) is 4. The number of rotatable bonds is 9. The SMILES string of the molecule is CCN(C)CCNS(=O)(=O)C(C)CNC1CC1. The molecule has 17 heavy (non-hydrogen) atoms. The van der Waals surface area contributed by atoms with Gasteiger partial charge in [-0.3, -0.25) is 0 Å². The van der Waals surface area contributed by atoms with Gasteiger partial charge < -0.3 is 10.2 Å². The molecule has 1 unspecified atom stereocenters. The minimum Gasteiger partial charge on any atom is -0.313 e. The Morgan fingerprint density at radius 1 is 1.41 bits per heavy atom. The Morgan fingerprint density at radius 3 is 2.59 bits per heavy atom. The quantitative estimate of drug-likeness (QED) is 0.615. The van der Waals surface area contributed by atoms with Gasteiger partial charge in [0.2, 0.25) is 10.0 Å². The largest absolute Gasteiger partial charge is 0.313 e. The molecule has 0 radical (unpaired) electrons. The highest BCUT2D eigenvalue weighted by molar-refractivity contribution is 7.90. The number of sulfonamides is 1. The van der Waals surface area contributed by atoms with Gasteiger partial charge in [0.05, 0.1) is 5.25 Å². The molecule has 1 aliphatic rings. The molecule has 1 atom stereocenters. The predicted molar refractivity (Wildman–Crippen MR) is 70.6 cm³/mol. The van der Waals surface area contributed by atoms with Crippen molar-refractivity contribution in [2.24, 2.45) is 0 Å². The summed E-state index contributed by atoms with van der Waals surface area (Å²) in [4.78, 5) is 2.08. The lowest BCUT2D eigenvalue weighted by molar-refractivity contribution is 0.357. The van der Waals surface area contributed by atoms with Crippen LogP contribution in [0, 0.1) is 0 Å². The minimum atomic E-state index is -3.17. The lowest BCUT2D eigenvalue weighted by Gasteiger charge is -2.17. The molecule has 0 bridgehead atoms. The summed E-state index contributed by atoms with van der Waals surface area (Å²) in [5.41, 5.74) is 0. The average molecular weight is 263 g/mol. The summed E-state index contributed by atoms with van der Waals surface area (Å²) < 4.78 is 26.4. The van der Waals surface area contributed by atoms with Gasteiger partial charge in [-0.1, -0.05) is 6.92 Å². The molecule has 0 aromatic rings. The molecule has 1 aliphatic carbocycles. The first-order valence-electron chi connectivity index (χ1n) is 6.36. The van der Waals surface area contributed by atoms with Crippen LogP contribution >= 0.6 is 0 Å². The fourth-order valence-corrected chi connectivity index (χ4v) is 2.38. The van der Waals surface area contributed by atoms with Gasteiger partial charge in [-0.05, 0) is 33.4 Å². The zero-order valence-corrected chi connectivity index (χ0v) is 11.9. The Balaban J connectivity index is 2.22. The van der Waals surface area contributed by atoms with E-state index in [-0.39, 0.29) is 5.25 Å². The third-order valence-corrected chi connectivity index (χ3v) is 4.97. The maximum atomic E-state index is 11.9. The van der Waals surface area contributed by atoms with Gasteiger partial charge in [0.15, 0.2) is 0 Å². The van der Waals surface area contributed by atoms with Crippen molar-refractivity contribution in [1.82, 2.24) is 14.9 Å². The Bertz CT molecular complexity index is 315. The van der Waals surface area contributed by atoms with Crippen molar-refractivity contribution in [2.45, 2.75) is 38.0 Å². The van der Waals surface area contributed by atoms with E-state index in [1.165, 1.54) is 12.8 Å². The molecule has 1 fully saturated rings. The van der Waals surface area contributed by atoms with Gasteiger partial charge in [-0.2, -0.15) is 0 Å². The molecule has 1 saturated carbocycles. The molecule has 0 aromatic carbocycles. The zero-order valence-electron chi connectivity index (χ0n) is 11.1. The predicted octanol–water partition coefficient (Wildman–Crippen LogP) is -0.00200. The fraction of sp³-hybridized carbons (Fsp3) is 1.00. The second-order valence-corrected chi connectivity index (χ2v) is 7.01. The van der Waals surface area contributed by atoms with Crippen LogP contribution in [0.1, 0.15) is 26.7 Å². The normalized spacial score (nSPS) is 18.6. The zero-order chi connectivity index (χ0) is 12.9. The number of likely N-dealkylation sites (N-methyl/N-ethyl adjacent to an activating group) is 1. The highest BCUT2D eigenvalue weighted by atomic mass is 32.2. The number of hydrogen-bond donors (Lipinski definition) is 2. The van der Waals surface area contributed by atoms with Crippen molar-refractivity contribution in [2.75, 3.05) is 33.2 Å². The van der Waals surface area contributed by atoms with E-state index in [9.17, 15) is 8.42 Å². The van der Waals surface area contributed by atoms with E-state index in [0.717, 1.165) is 13.1 Å². The van der Waals surface area contributed by atoms with E-state index in [1.807, 2.05) is 7.05 Å². The second kappa shape index (κ2) is 6.68. The van der Waals surface area contributed by atoms with Crippen LogP contribution in [0.2, 0.25) is 0 Å². The first-order chi connectivity index (χ1) is 7.95. The van der Waals surface area contributed by atoms with Gasteiger partial charge in [0.1, 0.15) is 0 Å². The van der Waals surface area contributed by atoms with E-state index in [4.69, 9.17) is 0 Å². The molecule has 0 saturated heterocycles. The standard InChI is InChI=1S/C11H25N3O2S/c1-4-14(3)8-7-13-17(15,16)10(2)9-12-11-5-6-11/h10-13H,4-9H2,1-3H3. The highest BCUT2D eigenvalue weighted by Gasteiger charge is 2.25. The van der Waals surface area contributed by atoms with Crippen molar-refractivity contribution in [3.8, 4) is 0 Å². The minimum absolute atomic E-state index is 0.366. The number of nitrogens with one attached hydrogen (secondary N) is 2. The summed E-state index contributed by atoms with van der Waals surface area (Å²) in [6.07, 6.45) is 2.36. The Labute approximate surface area is 105 Å². The van der Waals surface area contributed by atoms with Crippen LogP contribution in [0.25, 0.3) is 0 Å². The Hall–Kier alpha value is -0.170. The van der Waals surface area contributed by atoms with Crippen molar-refractivity contribution in [1.29, 1.82) is 0 Å². The molecule has 5 nitrogen and oxygen atoms in total. The number of nitrogens with zero attached hydrogens (tertiary/aromatic N) is 1. The molecule has 0 amide bonds. The first kappa shape index (κ1) is 14.9. The second-order valence-electron chi connectivity index (χ2n) is 4.83. The third-order valence-electron chi connectivity index (χ3n) is 3.14. The molecule has 0 spiro atoms. The van der Waals surface area contributed by atoms with Crippen LogP contribution in [0.4, 0.5) is 0 Å². The average Bonchev–Trinajstić information content (AvgIpc) is 3.09. The molecule has 102 valence electrons. The lowest BCUT2D eigenvalue weighted by atomic mass is 10.4. The van der Waals surface area contributed by atoms with Crippen molar-refractivity contribution in [3.63, 3.8) is 0 Å². The van der Waals surface area contributed by atoms with E-state index in [0.29, 0.717) is 19.1 Å². The Morgan fingerprint density at radius 2 is 2.06 bits per heavy atom. The van der Waals surface area contributed by atoms with Gasteiger partial charge in [-0.25, -0.2) is 13.1 Å². The van der Waals surface area contributed by atoms with Crippen molar-refractivity contribution >= 4 is 10.0 Å². The lowest BCUT2D eigenvalue weighted by Crippen LogP contribution is -2.42. The Kier molecular flexibility index (Phi) is 5.85. The van der Waals surface area contributed by atoms with Crippen LogP contribution in [0.5, 0.6) is 0 Å². The summed E-state index contributed by atoms with van der Waals surface area (Å²) in [7, 11) is -1.19. The molecule has 2 N–H and O–H groups in total. The highest BCUT2D eigenvalue weighted by Crippen LogP contribution is 2.18. The van der Waals surface area contributed by atoms with Crippen molar-refractivity contribution in [3.05, 3.63) is 0 Å². The first-order valence-corrected chi connectivity index (χ1v) is 7.90. The van der Waals surface area contributed by atoms with Crippen molar-refractivity contribution < 1.29 is 8.42 Å². The topological polar surface area (TPSA) is 61.4 Å². The van der Waals surface area contributed by atoms with E-state index in [1.54, 1.807) is 6.92 Å². The smallest absolute Gasteiger partial charge is 0.215 e. The van der Waals surface area contributed by atoms with E-state index >= 15 is 0 Å².